The summed E-state index contributed by atoms with van der Waals surface area (Å²) in [5.74, 6) is 0.145. The Kier molecular flexibility index (Phi) is 3.22. The van der Waals surface area contributed by atoms with Crippen molar-refractivity contribution in [1.29, 1.82) is 0 Å². The molecule has 1 aromatic heterocycles. The van der Waals surface area contributed by atoms with Crippen molar-refractivity contribution in [2.45, 2.75) is 20.0 Å². The number of oxime groups is 1. The molecule has 0 unspecified atom stereocenters. The van der Waals surface area contributed by atoms with E-state index >= 15 is 0 Å². The van der Waals surface area contributed by atoms with Gasteiger partial charge in [0.1, 0.15) is 0 Å². The molecule has 0 saturated heterocycles. The van der Waals surface area contributed by atoms with Crippen LogP contribution >= 0.6 is 0 Å². The average Bonchev–Trinajstić information content (AvgIpc) is 2.16. The minimum absolute atomic E-state index is 0.0445. The van der Waals surface area contributed by atoms with Crippen LogP contribution in [-0.2, 0) is 0 Å². The summed E-state index contributed by atoms with van der Waals surface area (Å²) in [5.41, 5.74) is 5.63. The highest BCUT2D eigenvalue weighted by Crippen LogP contribution is 2.12. The van der Waals surface area contributed by atoms with Gasteiger partial charge in [0.2, 0.25) is 5.88 Å². The van der Waals surface area contributed by atoms with Crippen molar-refractivity contribution in [3.05, 3.63) is 18.1 Å². The van der Waals surface area contributed by atoms with Crippen LogP contribution < -0.4 is 10.5 Å². The number of nitrogens with zero attached hydrogens (tertiary/aromatic N) is 3. The highest BCUT2D eigenvalue weighted by molar-refractivity contribution is 5.97. The standard InChI is InChI=1S/C8H12N4O2/c1-5(2)14-8-6(7(9)12-13)10-3-4-11-8/h3-5,13H,1-2H3,(H2,9,12). The van der Waals surface area contributed by atoms with Crippen LogP contribution in [0.15, 0.2) is 17.5 Å². The van der Waals surface area contributed by atoms with Gasteiger partial charge >= 0.3 is 0 Å². The Labute approximate surface area is 81.4 Å². The molecule has 1 rings (SSSR count). The van der Waals surface area contributed by atoms with E-state index < -0.39 is 0 Å². The highest BCUT2D eigenvalue weighted by atomic mass is 16.5. The molecule has 76 valence electrons. The summed E-state index contributed by atoms with van der Waals surface area (Å²) < 4.78 is 5.32. The molecule has 14 heavy (non-hydrogen) atoms. The number of hydrogen-bond donors (Lipinski definition) is 2. The molecule has 0 radical (unpaired) electrons. The second kappa shape index (κ2) is 4.40. The lowest BCUT2D eigenvalue weighted by molar-refractivity contribution is 0.230. The molecule has 0 bridgehead atoms. The third-order valence-electron chi connectivity index (χ3n) is 1.36. The number of hydrogen-bond acceptors (Lipinski definition) is 5. The van der Waals surface area contributed by atoms with Crippen molar-refractivity contribution in [1.82, 2.24) is 9.97 Å². The Morgan fingerprint density at radius 1 is 1.50 bits per heavy atom. The normalized spacial score (nSPS) is 11.8. The third-order valence-corrected chi connectivity index (χ3v) is 1.36. The predicted molar refractivity (Wildman–Crippen MR) is 50.3 cm³/mol. The Hall–Kier alpha value is -1.85. The second-order valence-electron chi connectivity index (χ2n) is 2.86. The fourth-order valence-corrected chi connectivity index (χ4v) is 0.858. The van der Waals surface area contributed by atoms with E-state index in [1.165, 1.54) is 12.4 Å². The SMILES string of the molecule is CC(C)Oc1nccnc1/C(N)=N/O. The van der Waals surface area contributed by atoms with E-state index in [0.29, 0.717) is 0 Å². The molecule has 0 aromatic carbocycles. The van der Waals surface area contributed by atoms with Crippen LogP contribution in [0.4, 0.5) is 0 Å². The lowest BCUT2D eigenvalue weighted by Gasteiger charge is -2.10. The van der Waals surface area contributed by atoms with Crippen LogP contribution in [0.5, 0.6) is 5.88 Å². The van der Waals surface area contributed by atoms with Gasteiger partial charge in [-0.05, 0) is 13.8 Å². The zero-order valence-corrected chi connectivity index (χ0v) is 8.01. The first-order valence-electron chi connectivity index (χ1n) is 4.10. The molecule has 0 aliphatic heterocycles. The topological polar surface area (TPSA) is 93.6 Å². The molecule has 0 fully saturated rings. The van der Waals surface area contributed by atoms with Crippen LogP contribution in [-0.4, -0.2) is 27.1 Å². The monoisotopic (exact) mass is 196 g/mol. The van der Waals surface area contributed by atoms with Gasteiger partial charge in [-0.1, -0.05) is 5.16 Å². The Morgan fingerprint density at radius 3 is 2.71 bits per heavy atom. The lowest BCUT2D eigenvalue weighted by Crippen LogP contribution is -2.19. The quantitative estimate of drug-likeness (QED) is 0.315. The van der Waals surface area contributed by atoms with Crippen LogP contribution in [0.2, 0.25) is 0 Å². The smallest absolute Gasteiger partial charge is 0.244 e. The van der Waals surface area contributed by atoms with E-state index in [1.54, 1.807) is 0 Å². The zero-order valence-electron chi connectivity index (χ0n) is 8.01. The number of ether oxygens (including phenoxy) is 1. The van der Waals surface area contributed by atoms with E-state index in [4.69, 9.17) is 15.7 Å². The van der Waals surface area contributed by atoms with Crippen LogP contribution in [0.3, 0.4) is 0 Å². The Bertz CT molecular complexity index is 338. The molecule has 0 atom stereocenters. The van der Waals surface area contributed by atoms with Crippen molar-refractivity contribution < 1.29 is 9.94 Å². The average molecular weight is 196 g/mol. The zero-order chi connectivity index (χ0) is 10.6. The largest absolute Gasteiger partial charge is 0.473 e. The summed E-state index contributed by atoms with van der Waals surface area (Å²) >= 11 is 0. The van der Waals surface area contributed by atoms with Crippen molar-refractivity contribution in [2.75, 3.05) is 0 Å². The molecular weight excluding hydrogens is 184 g/mol. The molecule has 6 nitrogen and oxygen atoms in total. The maximum Gasteiger partial charge on any atom is 0.244 e. The van der Waals surface area contributed by atoms with Gasteiger partial charge in [0.05, 0.1) is 6.10 Å². The number of rotatable bonds is 3. The minimum atomic E-state index is -0.117. The maximum atomic E-state index is 8.49. The van der Waals surface area contributed by atoms with Gasteiger partial charge in [-0.2, -0.15) is 0 Å². The summed E-state index contributed by atoms with van der Waals surface area (Å²) in [4.78, 5) is 7.83. The Morgan fingerprint density at radius 2 is 2.14 bits per heavy atom. The predicted octanol–water partition coefficient (Wildman–Crippen LogP) is 0.358. The van der Waals surface area contributed by atoms with Crippen molar-refractivity contribution >= 4 is 5.84 Å². The molecule has 6 heteroatoms. The Balaban J connectivity index is 3.03. The molecular formula is C8H12N4O2. The number of aromatic nitrogens is 2. The molecule has 0 saturated carbocycles. The molecule has 1 aromatic rings. The van der Waals surface area contributed by atoms with E-state index in [9.17, 15) is 0 Å². The van der Waals surface area contributed by atoms with Gasteiger partial charge in [0.25, 0.3) is 0 Å². The highest BCUT2D eigenvalue weighted by Gasteiger charge is 2.11. The first-order chi connectivity index (χ1) is 6.65. The van der Waals surface area contributed by atoms with E-state index in [2.05, 4.69) is 15.1 Å². The van der Waals surface area contributed by atoms with E-state index in [1.807, 2.05) is 13.8 Å². The summed E-state index contributed by atoms with van der Waals surface area (Å²) in [6, 6.07) is 0. The van der Waals surface area contributed by atoms with Gasteiger partial charge in [-0.3, -0.25) is 0 Å². The maximum absolute atomic E-state index is 8.49. The minimum Gasteiger partial charge on any atom is -0.473 e. The van der Waals surface area contributed by atoms with Crippen molar-refractivity contribution in [3.63, 3.8) is 0 Å². The summed E-state index contributed by atoms with van der Waals surface area (Å²) in [7, 11) is 0. The van der Waals surface area contributed by atoms with Gasteiger partial charge < -0.3 is 15.7 Å². The molecule has 1 heterocycles. The molecule has 3 N–H and O–H groups in total. The summed E-state index contributed by atoms with van der Waals surface area (Å²) in [6.45, 7) is 3.70. The number of amidine groups is 1. The first-order valence-corrected chi connectivity index (χ1v) is 4.10. The molecule has 0 aliphatic rings. The van der Waals surface area contributed by atoms with E-state index in [0.717, 1.165) is 0 Å². The van der Waals surface area contributed by atoms with Gasteiger partial charge in [-0.25, -0.2) is 9.97 Å². The van der Waals surface area contributed by atoms with Crippen LogP contribution in [0.1, 0.15) is 19.5 Å². The fraction of sp³-hybridized carbons (Fsp3) is 0.375. The fourth-order valence-electron chi connectivity index (χ4n) is 0.858. The first kappa shape index (κ1) is 10.2. The summed E-state index contributed by atoms with van der Waals surface area (Å²) in [5, 5.41) is 11.3. The van der Waals surface area contributed by atoms with Crippen molar-refractivity contribution in [2.24, 2.45) is 10.9 Å². The number of nitrogens with two attached hydrogens (primary N) is 1. The van der Waals surface area contributed by atoms with Crippen LogP contribution in [0.25, 0.3) is 0 Å². The molecule has 0 aliphatic carbocycles. The van der Waals surface area contributed by atoms with Gasteiger partial charge in [0.15, 0.2) is 11.5 Å². The second-order valence-corrected chi connectivity index (χ2v) is 2.86. The van der Waals surface area contributed by atoms with Crippen molar-refractivity contribution in [3.8, 4) is 5.88 Å². The molecule has 0 amide bonds. The van der Waals surface area contributed by atoms with Crippen LogP contribution in [0, 0.1) is 0 Å². The lowest BCUT2D eigenvalue weighted by atomic mass is 10.4. The summed E-state index contributed by atoms with van der Waals surface area (Å²) in [6.07, 6.45) is 2.88. The van der Waals surface area contributed by atoms with E-state index in [-0.39, 0.29) is 23.5 Å². The third kappa shape index (κ3) is 2.32. The van der Waals surface area contributed by atoms with Gasteiger partial charge in [-0.15, -0.1) is 0 Å². The van der Waals surface area contributed by atoms with Gasteiger partial charge in [0, 0.05) is 12.4 Å². The molecule has 0 spiro atoms.